The van der Waals surface area contributed by atoms with Gasteiger partial charge in [0.2, 0.25) is 0 Å². The molecule has 3 nitrogen and oxygen atoms in total. The molecule has 1 N–H and O–H groups in total. The summed E-state index contributed by atoms with van der Waals surface area (Å²) in [6.45, 7) is 3.06. The molecule has 0 unspecified atom stereocenters. The molecule has 0 bridgehead atoms. The summed E-state index contributed by atoms with van der Waals surface area (Å²) in [5.74, 6) is -0.724. The average molecular weight is 132 g/mol. The lowest BCUT2D eigenvalue weighted by Gasteiger charge is -2.31. The summed E-state index contributed by atoms with van der Waals surface area (Å²) >= 11 is 0. The van der Waals surface area contributed by atoms with E-state index in [0.29, 0.717) is 13.2 Å². The van der Waals surface area contributed by atoms with E-state index in [0.717, 1.165) is 6.42 Å². The second kappa shape index (κ2) is 2.64. The Morgan fingerprint density at radius 1 is 1.44 bits per heavy atom. The van der Waals surface area contributed by atoms with Crippen LogP contribution in [0.4, 0.5) is 0 Å². The Morgan fingerprint density at radius 3 is 2.33 bits per heavy atom. The van der Waals surface area contributed by atoms with Crippen LogP contribution in [0.25, 0.3) is 0 Å². The van der Waals surface area contributed by atoms with Crippen molar-refractivity contribution >= 4 is 0 Å². The molecule has 0 saturated carbocycles. The summed E-state index contributed by atoms with van der Waals surface area (Å²) in [6, 6.07) is 0. The first kappa shape index (κ1) is 6.99. The molecule has 1 fully saturated rings. The van der Waals surface area contributed by atoms with Crippen LogP contribution in [-0.4, -0.2) is 30.7 Å². The normalized spacial score (nSPS) is 26.0. The molecule has 0 aliphatic carbocycles. The topological polar surface area (TPSA) is 38.7 Å². The van der Waals surface area contributed by atoms with Crippen LogP contribution in [0.3, 0.4) is 0 Å². The summed E-state index contributed by atoms with van der Waals surface area (Å²) in [6.07, 6.45) is 0.926. The van der Waals surface area contributed by atoms with Gasteiger partial charge in [0.15, 0.2) is 5.79 Å². The minimum absolute atomic E-state index is 0.0625. The van der Waals surface area contributed by atoms with Crippen molar-refractivity contribution in [2.75, 3.05) is 19.8 Å². The highest BCUT2D eigenvalue weighted by Gasteiger charge is 2.27. The smallest absolute Gasteiger partial charge is 0.188 e. The van der Waals surface area contributed by atoms with Gasteiger partial charge in [0.1, 0.15) is 0 Å². The van der Waals surface area contributed by atoms with Crippen LogP contribution in [0, 0.1) is 0 Å². The number of rotatable bonds is 1. The van der Waals surface area contributed by atoms with E-state index in [1.54, 1.807) is 6.92 Å². The van der Waals surface area contributed by atoms with Crippen molar-refractivity contribution in [2.24, 2.45) is 0 Å². The molecule has 1 aliphatic heterocycles. The van der Waals surface area contributed by atoms with E-state index >= 15 is 0 Å². The molecule has 0 radical (unpaired) electrons. The van der Waals surface area contributed by atoms with Crippen LogP contribution in [0.5, 0.6) is 0 Å². The highest BCUT2D eigenvalue weighted by Crippen LogP contribution is 2.16. The van der Waals surface area contributed by atoms with Gasteiger partial charge >= 0.3 is 0 Å². The molecule has 1 rings (SSSR count). The van der Waals surface area contributed by atoms with E-state index in [9.17, 15) is 0 Å². The van der Waals surface area contributed by atoms with Gasteiger partial charge in [-0.1, -0.05) is 0 Å². The van der Waals surface area contributed by atoms with Crippen molar-refractivity contribution in [2.45, 2.75) is 19.1 Å². The van der Waals surface area contributed by atoms with Gasteiger partial charge in [-0.15, -0.1) is 0 Å². The zero-order chi connectivity index (χ0) is 6.74. The standard InChI is InChI=1S/C6H12O3/c1-6(5-7)8-3-2-4-9-6/h7H,2-5H2,1H3. The Morgan fingerprint density at radius 2 is 2.00 bits per heavy atom. The second-order valence-corrected chi connectivity index (χ2v) is 2.34. The first-order valence-corrected chi connectivity index (χ1v) is 3.16. The number of aliphatic hydroxyl groups excluding tert-OH is 1. The van der Waals surface area contributed by atoms with Gasteiger partial charge in [-0.2, -0.15) is 0 Å². The minimum atomic E-state index is -0.724. The number of hydrogen-bond donors (Lipinski definition) is 1. The minimum Gasteiger partial charge on any atom is -0.391 e. The molecule has 0 amide bonds. The molecule has 0 aromatic carbocycles. The fraction of sp³-hybridized carbons (Fsp3) is 1.00. The van der Waals surface area contributed by atoms with E-state index < -0.39 is 5.79 Å². The first-order valence-electron chi connectivity index (χ1n) is 3.16. The molecule has 0 aromatic heterocycles. The number of ether oxygens (including phenoxy) is 2. The molecule has 54 valence electrons. The summed E-state index contributed by atoms with van der Waals surface area (Å²) in [5, 5.41) is 8.70. The lowest BCUT2D eigenvalue weighted by molar-refractivity contribution is -0.270. The SMILES string of the molecule is CC1(CO)OCCCO1. The Bertz CT molecular complexity index is 86.3. The van der Waals surface area contributed by atoms with Gasteiger partial charge in [-0.3, -0.25) is 0 Å². The van der Waals surface area contributed by atoms with E-state index in [2.05, 4.69) is 0 Å². The fourth-order valence-corrected chi connectivity index (χ4v) is 0.768. The maximum absolute atomic E-state index is 8.70. The van der Waals surface area contributed by atoms with Crippen molar-refractivity contribution in [3.05, 3.63) is 0 Å². The summed E-state index contributed by atoms with van der Waals surface area (Å²) in [5.41, 5.74) is 0. The van der Waals surface area contributed by atoms with Crippen LogP contribution in [0.15, 0.2) is 0 Å². The fourth-order valence-electron chi connectivity index (χ4n) is 0.768. The van der Waals surface area contributed by atoms with Gasteiger partial charge in [0.25, 0.3) is 0 Å². The van der Waals surface area contributed by atoms with Crippen molar-refractivity contribution in [1.82, 2.24) is 0 Å². The molecule has 1 heterocycles. The Hall–Kier alpha value is -0.120. The predicted molar refractivity (Wildman–Crippen MR) is 32.0 cm³/mol. The van der Waals surface area contributed by atoms with Crippen LogP contribution < -0.4 is 0 Å². The Balaban J connectivity index is 2.37. The third-order valence-electron chi connectivity index (χ3n) is 1.39. The van der Waals surface area contributed by atoms with Gasteiger partial charge in [-0.05, 0) is 13.3 Å². The number of hydrogen-bond acceptors (Lipinski definition) is 3. The molecule has 0 atom stereocenters. The third kappa shape index (κ3) is 1.64. The van der Waals surface area contributed by atoms with Gasteiger partial charge in [0.05, 0.1) is 19.8 Å². The van der Waals surface area contributed by atoms with E-state index in [-0.39, 0.29) is 6.61 Å². The maximum atomic E-state index is 8.70. The van der Waals surface area contributed by atoms with E-state index in [4.69, 9.17) is 14.6 Å². The van der Waals surface area contributed by atoms with Gasteiger partial charge in [-0.25, -0.2) is 0 Å². The molecule has 1 aliphatic rings. The maximum Gasteiger partial charge on any atom is 0.188 e. The molecular formula is C6H12O3. The lowest BCUT2D eigenvalue weighted by Crippen LogP contribution is -2.40. The zero-order valence-electron chi connectivity index (χ0n) is 5.59. The zero-order valence-corrected chi connectivity index (χ0v) is 5.59. The van der Waals surface area contributed by atoms with Crippen LogP contribution in [0.1, 0.15) is 13.3 Å². The number of aliphatic hydroxyl groups is 1. The van der Waals surface area contributed by atoms with Gasteiger partial charge in [0, 0.05) is 0 Å². The Kier molecular flexibility index (Phi) is 2.05. The summed E-state index contributed by atoms with van der Waals surface area (Å²) in [4.78, 5) is 0. The van der Waals surface area contributed by atoms with Crippen molar-refractivity contribution < 1.29 is 14.6 Å². The van der Waals surface area contributed by atoms with Gasteiger partial charge < -0.3 is 14.6 Å². The molecular weight excluding hydrogens is 120 g/mol. The molecule has 3 heteroatoms. The second-order valence-electron chi connectivity index (χ2n) is 2.34. The summed E-state index contributed by atoms with van der Waals surface area (Å²) in [7, 11) is 0. The first-order chi connectivity index (χ1) is 4.27. The monoisotopic (exact) mass is 132 g/mol. The van der Waals surface area contributed by atoms with Crippen LogP contribution in [0.2, 0.25) is 0 Å². The van der Waals surface area contributed by atoms with Crippen molar-refractivity contribution in [3.8, 4) is 0 Å². The van der Waals surface area contributed by atoms with Crippen molar-refractivity contribution in [3.63, 3.8) is 0 Å². The molecule has 0 spiro atoms. The summed E-state index contributed by atoms with van der Waals surface area (Å²) < 4.78 is 10.3. The molecule has 9 heavy (non-hydrogen) atoms. The third-order valence-corrected chi connectivity index (χ3v) is 1.39. The highest BCUT2D eigenvalue weighted by molar-refractivity contribution is 4.63. The van der Waals surface area contributed by atoms with E-state index in [1.165, 1.54) is 0 Å². The van der Waals surface area contributed by atoms with Crippen LogP contribution in [-0.2, 0) is 9.47 Å². The van der Waals surface area contributed by atoms with Crippen molar-refractivity contribution in [1.29, 1.82) is 0 Å². The quantitative estimate of drug-likeness (QED) is 0.551. The lowest BCUT2D eigenvalue weighted by atomic mass is 10.3. The van der Waals surface area contributed by atoms with E-state index in [1.807, 2.05) is 0 Å². The van der Waals surface area contributed by atoms with Crippen LogP contribution >= 0.6 is 0 Å². The Labute approximate surface area is 54.6 Å². The predicted octanol–water partition coefficient (Wildman–Crippen LogP) is 0.132. The largest absolute Gasteiger partial charge is 0.391 e. The molecule has 0 aromatic rings. The molecule has 1 saturated heterocycles. The highest BCUT2D eigenvalue weighted by atomic mass is 16.7. The average Bonchev–Trinajstić information content (AvgIpc) is 1.90.